The van der Waals surface area contributed by atoms with Crippen molar-refractivity contribution >= 4 is 5.91 Å². The summed E-state index contributed by atoms with van der Waals surface area (Å²) in [7, 11) is 0. The van der Waals surface area contributed by atoms with Gasteiger partial charge in [-0.1, -0.05) is 41.6 Å². The van der Waals surface area contributed by atoms with Crippen molar-refractivity contribution in [1.29, 1.82) is 0 Å². The Hall–Kier alpha value is -4.21. The van der Waals surface area contributed by atoms with Crippen molar-refractivity contribution in [2.45, 2.75) is 26.3 Å². The SMILES string of the molecule is [CH]COCC[NH2+]Cc1ccc(-c2c(C(=O)NCC)noc2-c2cc(CCc3cccc(F)c3)c(O)cc2O)cc1. The van der Waals surface area contributed by atoms with Gasteiger partial charge in [0, 0.05) is 18.2 Å². The second-order valence-electron chi connectivity index (χ2n) is 9.28. The van der Waals surface area contributed by atoms with E-state index in [0.29, 0.717) is 42.7 Å². The highest BCUT2D eigenvalue weighted by atomic mass is 19.1. The van der Waals surface area contributed by atoms with E-state index in [2.05, 4.69) is 15.8 Å². The summed E-state index contributed by atoms with van der Waals surface area (Å²) < 4.78 is 24.4. The first-order valence-electron chi connectivity index (χ1n) is 13.2. The second kappa shape index (κ2) is 13.7. The molecule has 0 unspecified atom stereocenters. The highest BCUT2D eigenvalue weighted by Gasteiger charge is 2.26. The molecule has 0 aliphatic heterocycles. The minimum Gasteiger partial charge on any atom is -0.508 e. The first-order valence-corrected chi connectivity index (χ1v) is 13.2. The van der Waals surface area contributed by atoms with Crippen LogP contribution in [0.2, 0.25) is 0 Å². The highest BCUT2D eigenvalue weighted by Crippen LogP contribution is 2.42. The van der Waals surface area contributed by atoms with Gasteiger partial charge < -0.3 is 30.1 Å². The van der Waals surface area contributed by atoms with Gasteiger partial charge in [-0.05, 0) is 61.6 Å². The van der Waals surface area contributed by atoms with Gasteiger partial charge >= 0.3 is 0 Å². The molecule has 0 saturated carbocycles. The lowest BCUT2D eigenvalue weighted by atomic mass is 9.95. The monoisotopic (exact) mass is 546 g/mol. The number of aromatic nitrogens is 1. The molecule has 0 spiro atoms. The van der Waals surface area contributed by atoms with Gasteiger partial charge in [-0.3, -0.25) is 4.79 Å². The maximum atomic E-state index is 13.6. The number of rotatable bonds is 13. The number of hydrogen-bond acceptors (Lipinski definition) is 6. The quantitative estimate of drug-likeness (QED) is 0.189. The molecule has 1 amide bonds. The van der Waals surface area contributed by atoms with Gasteiger partial charge in [-0.15, -0.1) is 0 Å². The van der Waals surface area contributed by atoms with Crippen molar-refractivity contribution < 1.29 is 34.0 Å². The predicted molar refractivity (Wildman–Crippen MR) is 148 cm³/mol. The molecule has 0 saturated heterocycles. The molecule has 3 aromatic carbocycles. The van der Waals surface area contributed by atoms with E-state index >= 15 is 0 Å². The third kappa shape index (κ3) is 7.05. The number of quaternary nitrogens is 1. The number of carbonyl (C=O) groups excluding carboxylic acids is 1. The summed E-state index contributed by atoms with van der Waals surface area (Å²) in [6.07, 6.45) is 0.858. The second-order valence-corrected chi connectivity index (χ2v) is 9.28. The molecule has 0 bridgehead atoms. The fraction of sp³-hybridized carbons (Fsp3) is 0.258. The molecule has 1 aromatic heterocycles. The minimum atomic E-state index is -0.408. The molecule has 208 valence electrons. The number of ether oxygens (including phenoxy) is 1. The minimum absolute atomic E-state index is 0.0869. The van der Waals surface area contributed by atoms with Gasteiger partial charge in [0.2, 0.25) is 0 Å². The van der Waals surface area contributed by atoms with Crippen molar-refractivity contribution in [2.75, 3.05) is 26.3 Å². The van der Waals surface area contributed by atoms with E-state index in [9.17, 15) is 19.4 Å². The third-order valence-electron chi connectivity index (χ3n) is 6.46. The molecule has 0 atom stereocenters. The summed E-state index contributed by atoms with van der Waals surface area (Å²) in [5, 5.41) is 30.2. The maximum Gasteiger partial charge on any atom is 0.274 e. The summed E-state index contributed by atoms with van der Waals surface area (Å²) in [6, 6.07) is 16.8. The number of phenolic OH excluding ortho intramolecular Hbond substituents is 2. The molecule has 1 heterocycles. The van der Waals surface area contributed by atoms with E-state index in [0.717, 1.165) is 24.2 Å². The van der Waals surface area contributed by atoms with Crippen LogP contribution in [0.5, 0.6) is 11.5 Å². The van der Waals surface area contributed by atoms with Crippen LogP contribution in [0.4, 0.5) is 4.39 Å². The van der Waals surface area contributed by atoms with E-state index in [1.54, 1.807) is 19.1 Å². The molecule has 4 rings (SSSR count). The Balaban J connectivity index is 1.66. The lowest BCUT2D eigenvalue weighted by Crippen LogP contribution is -2.83. The lowest BCUT2D eigenvalue weighted by Gasteiger charge is -2.11. The van der Waals surface area contributed by atoms with E-state index < -0.39 is 5.91 Å². The molecule has 9 heteroatoms. The predicted octanol–water partition coefficient (Wildman–Crippen LogP) is 3.88. The first-order chi connectivity index (χ1) is 19.4. The molecular weight excluding hydrogens is 513 g/mol. The van der Waals surface area contributed by atoms with Gasteiger partial charge in [0.15, 0.2) is 11.5 Å². The number of amides is 1. The van der Waals surface area contributed by atoms with Crippen LogP contribution in [0.15, 0.2) is 65.2 Å². The van der Waals surface area contributed by atoms with E-state index in [-0.39, 0.29) is 40.9 Å². The number of nitrogens with two attached hydrogens (primary N) is 1. The fourth-order valence-corrected chi connectivity index (χ4v) is 4.44. The Morgan fingerprint density at radius 1 is 1.07 bits per heavy atom. The number of nitrogens with one attached hydrogen (secondary N) is 1. The zero-order chi connectivity index (χ0) is 28.5. The zero-order valence-electron chi connectivity index (χ0n) is 22.3. The number of aryl methyl sites for hydroxylation is 2. The average molecular weight is 547 g/mol. The van der Waals surface area contributed by atoms with Crippen molar-refractivity contribution in [2.24, 2.45) is 0 Å². The standard InChI is InChI=1S/C31H32FN3O5/c1-3-34-31(38)29-28(22-11-9-21(10-12-22)19-33-14-15-39-4-2)30(40-35-29)25-17-23(26(36)18-27(25)37)13-8-20-6-5-7-24(32)16-20/h2,5-7,9-12,16-18,33,36-37H,3-4,8,13-15,19H2,1H3,(H,34,38)/p+1. The largest absolute Gasteiger partial charge is 0.508 e. The van der Waals surface area contributed by atoms with Crippen LogP contribution in [-0.2, 0) is 24.1 Å². The third-order valence-corrected chi connectivity index (χ3v) is 6.46. The van der Waals surface area contributed by atoms with Crippen LogP contribution >= 0.6 is 0 Å². The van der Waals surface area contributed by atoms with E-state index in [1.807, 2.05) is 30.3 Å². The van der Waals surface area contributed by atoms with Gasteiger partial charge in [0.25, 0.3) is 5.91 Å². The molecule has 40 heavy (non-hydrogen) atoms. The summed E-state index contributed by atoms with van der Waals surface area (Å²) in [4.78, 5) is 12.9. The Morgan fingerprint density at radius 3 is 2.60 bits per heavy atom. The molecular formula is C31H33FN3O5+. The normalized spacial score (nSPS) is 11.1. The first kappa shape index (κ1) is 28.8. The van der Waals surface area contributed by atoms with Crippen LogP contribution in [0.1, 0.15) is 34.1 Å². The Morgan fingerprint density at radius 2 is 1.88 bits per heavy atom. The van der Waals surface area contributed by atoms with Gasteiger partial charge in [-0.25, -0.2) is 4.39 Å². The molecule has 0 fully saturated rings. The van der Waals surface area contributed by atoms with E-state index in [1.165, 1.54) is 18.2 Å². The molecule has 4 aromatic rings. The smallest absolute Gasteiger partial charge is 0.274 e. The van der Waals surface area contributed by atoms with Crippen LogP contribution in [0.25, 0.3) is 22.5 Å². The van der Waals surface area contributed by atoms with E-state index in [4.69, 9.17) is 16.2 Å². The summed E-state index contributed by atoms with van der Waals surface area (Å²) >= 11 is 0. The van der Waals surface area contributed by atoms with Gasteiger partial charge in [-0.2, -0.15) is 0 Å². The average Bonchev–Trinajstić information content (AvgIpc) is 3.38. The Kier molecular flexibility index (Phi) is 9.88. The molecule has 8 nitrogen and oxygen atoms in total. The van der Waals surface area contributed by atoms with Crippen LogP contribution in [-0.4, -0.2) is 47.6 Å². The highest BCUT2D eigenvalue weighted by molar-refractivity contribution is 6.02. The number of benzene rings is 3. The van der Waals surface area contributed by atoms with Crippen molar-refractivity contribution in [3.8, 4) is 33.9 Å². The number of aromatic hydroxyl groups is 2. The van der Waals surface area contributed by atoms with Gasteiger partial charge in [0.05, 0.1) is 30.9 Å². The lowest BCUT2D eigenvalue weighted by molar-refractivity contribution is -0.672. The van der Waals surface area contributed by atoms with Crippen LogP contribution < -0.4 is 10.6 Å². The van der Waals surface area contributed by atoms with Crippen molar-refractivity contribution in [3.05, 3.63) is 95.8 Å². The molecule has 2 radical (unpaired) electrons. The Labute approximate surface area is 232 Å². The number of phenols is 2. The van der Waals surface area contributed by atoms with Crippen LogP contribution in [0.3, 0.4) is 0 Å². The zero-order valence-corrected chi connectivity index (χ0v) is 22.3. The molecule has 0 aliphatic rings. The number of nitrogens with zero attached hydrogens (tertiary/aromatic N) is 1. The van der Waals surface area contributed by atoms with Gasteiger partial charge in [0.1, 0.15) is 23.9 Å². The molecule has 5 N–H and O–H groups in total. The maximum absolute atomic E-state index is 13.6. The summed E-state index contributed by atoms with van der Waals surface area (Å²) in [6.45, 7) is 9.82. The topological polar surface area (TPSA) is 121 Å². The Bertz CT molecular complexity index is 1440. The van der Waals surface area contributed by atoms with Crippen molar-refractivity contribution in [1.82, 2.24) is 10.5 Å². The molecule has 0 aliphatic carbocycles. The summed E-state index contributed by atoms with van der Waals surface area (Å²) in [5.41, 5.74) is 3.85. The number of carbonyl (C=O) groups is 1. The number of hydrogen-bond donors (Lipinski definition) is 4. The number of halogens is 1. The van der Waals surface area contributed by atoms with Crippen molar-refractivity contribution in [3.63, 3.8) is 0 Å². The summed E-state index contributed by atoms with van der Waals surface area (Å²) in [5.74, 6) is -0.863. The van der Waals surface area contributed by atoms with Crippen LogP contribution in [0, 0.1) is 12.7 Å². The fourth-order valence-electron chi connectivity index (χ4n) is 4.44.